The van der Waals surface area contributed by atoms with E-state index in [9.17, 15) is 4.79 Å². The lowest BCUT2D eigenvalue weighted by Crippen LogP contribution is -2.55. The van der Waals surface area contributed by atoms with Crippen molar-refractivity contribution in [1.82, 2.24) is 5.32 Å². The Bertz CT molecular complexity index is 421. The van der Waals surface area contributed by atoms with E-state index in [-0.39, 0.29) is 5.91 Å². The molecule has 0 unspecified atom stereocenters. The third-order valence-electron chi connectivity index (χ3n) is 3.46. The molecule has 3 N–H and O–H groups in total. The van der Waals surface area contributed by atoms with Crippen LogP contribution in [0.3, 0.4) is 0 Å². The van der Waals surface area contributed by atoms with Crippen molar-refractivity contribution >= 4 is 33.2 Å². The quantitative estimate of drug-likeness (QED) is 0.870. The SMILES string of the molecule is CC(C)(N)C(C)(C)C(=O)NCCc1ccc(Br)s1. The molecule has 1 aromatic heterocycles. The molecule has 102 valence electrons. The molecule has 5 heteroatoms. The van der Waals surface area contributed by atoms with Gasteiger partial charge in [0.05, 0.1) is 9.20 Å². The van der Waals surface area contributed by atoms with Crippen LogP contribution < -0.4 is 11.1 Å². The monoisotopic (exact) mass is 332 g/mol. The van der Waals surface area contributed by atoms with Gasteiger partial charge in [0.15, 0.2) is 0 Å². The molecule has 1 heterocycles. The van der Waals surface area contributed by atoms with Crippen molar-refractivity contribution in [2.24, 2.45) is 11.1 Å². The number of amides is 1. The van der Waals surface area contributed by atoms with Crippen LogP contribution in [0.5, 0.6) is 0 Å². The second kappa shape index (κ2) is 5.72. The van der Waals surface area contributed by atoms with Gasteiger partial charge in [-0.1, -0.05) is 0 Å². The molecule has 0 radical (unpaired) electrons. The lowest BCUT2D eigenvalue weighted by Gasteiger charge is -2.36. The summed E-state index contributed by atoms with van der Waals surface area (Å²) in [4.78, 5) is 13.4. The van der Waals surface area contributed by atoms with Crippen molar-refractivity contribution < 1.29 is 4.79 Å². The zero-order valence-electron chi connectivity index (χ0n) is 11.3. The molecule has 0 fully saturated rings. The Hall–Kier alpha value is -0.390. The van der Waals surface area contributed by atoms with Crippen molar-refractivity contribution in [3.05, 3.63) is 20.8 Å². The number of rotatable bonds is 5. The Morgan fingerprint density at radius 2 is 2.00 bits per heavy atom. The number of carbonyl (C=O) groups is 1. The molecule has 1 amide bonds. The number of nitrogens with two attached hydrogens (primary N) is 1. The summed E-state index contributed by atoms with van der Waals surface area (Å²) in [5.41, 5.74) is 4.92. The van der Waals surface area contributed by atoms with E-state index in [2.05, 4.69) is 27.3 Å². The summed E-state index contributed by atoms with van der Waals surface area (Å²) >= 11 is 5.12. The molecule has 0 saturated carbocycles. The van der Waals surface area contributed by atoms with Crippen LogP contribution in [0, 0.1) is 5.41 Å². The van der Waals surface area contributed by atoms with Gasteiger partial charge in [-0.25, -0.2) is 0 Å². The van der Waals surface area contributed by atoms with E-state index in [0.29, 0.717) is 6.54 Å². The summed E-state index contributed by atoms with van der Waals surface area (Å²) in [5.74, 6) is 0.00521. The van der Waals surface area contributed by atoms with Gasteiger partial charge in [-0.2, -0.15) is 0 Å². The van der Waals surface area contributed by atoms with Gasteiger partial charge in [-0.15, -0.1) is 11.3 Å². The van der Waals surface area contributed by atoms with E-state index in [1.807, 2.05) is 33.8 Å². The summed E-state index contributed by atoms with van der Waals surface area (Å²) in [6.45, 7) is 8.16. The molecule has 0 spiro atoms. The maximum Gasteiger partial charge on any atom is 0.227 e. The minimum absolute atomic E-state index is 0.00521. The maximum absolute atomic E-state index is 12.1. The Kier molecular flexibility index (Phi) is 4.98. The highest BCUT2D eigenvalue weighted by Crippen LogP contribution is 2.28. The number of hydrogen-bond acceptors (Lipinski definition) is 3. The topological polar surface area (TPSA) is 55.1 Å². The number of hydrogen-bond donors (Lipinski definition) is 2. The van der Waals surface area contributed by atoms with Gasteiger partial charge in [-0.05, 0) is 62.2 Å². The fourth-order valence-electron chi connectivity index (χ4n) is 1.30. The molecule has 0 bridgehead atoms. The maximum atomic E-state index is 12.1. The zero-order chi connectivity index (χ0) is 14.0. The second-order valence-corrected chi connectivity index (χ2v) is 8.11. The minimum atomic E-state index is -0.580. The predicted molar refractivity (Wildman–Crippen MR) is 80.8 cm³/mol. The van der Waals surface area contributed by atoms with Crippen LogP contribution in [0.25, 0.3) is 0 Å². The van der Waals surface area contributed by atoms with Crippen molar-refractivity contribution in [1.29, 1.82) is 0 Å². The van der Waals surface area contributed by atoms with Gasteiger partial charge in [0.1, 0.15) is 0 Å². The fraction of sp³-hybridized carbons (Fsp3) is 0.615. The molecule has 1 aromatic rings. The molecule has 0 atom stereocenters. The molecule has 0 aliphatic carbocycles. The van der Waals surface area contributed by atoms with Crippen LogP contribution in [-0.4, -0.2) is 18.0 Å². The normalized spacial score (nSPS) is 12.6. The van der Waals surface area contributed by atoms with Gasteiger partial charge in [0.2, 0.25) is 5.91 Å². The Morgan fingerprint density at radius 3 is 2.44 bits per heavy atom. The third-order valence-corrected chi connectivity index (χ3v) is 5.15. The van der Waals surface area contributed by atoms with Crippen LogP contribution in [0.4, 0.5) is 0 Å². The lowest BCUT2D eigenvalue weighted by atomic mass is 9.74. The van der Waals surface area contributed by atoms with Crippen molar-refractivity contribution in [2.75, 3.05) is 6.54 Å². The summed E-state index contributed by atoms with van der Waals surface area (Å²) in [6.07, 6.45) is 0.850. The fourth-order valence-corrected chi connectivity index (χ4v) is 2.78. The van der Waals surface area contributed by atoms with Crippen LogP contribution in [-0.2, 0) is 11.2 Å². The molecular formula is C13H21BrN2OS. The van der Waals surface area contributed by atoms with Gasteiger partial charge in [0.25, 0.3) is 0 Å². The largest absolute Gasteiger partial charge is 0.355 e. The number of halogens is 1. The van der Waals surface area contributed by atoms with E-state index in [4.69, 9.17) is 5.73 Å². The summed E-state index contributed by atoms with van der Waals surface area (Å²) in [6, 6.07) is 4.09. The molecule has 0 saturated heterocycles. The molecule has 1 rings (SSSR count). The highest BCUT2D eigenvalue weighted by molar-refractivity contribution is 9.11. The van der Waals surface area contributed by atoms with Gasteiger partial charge in [-0.3, -0.25) is 4.79 Å². The van der Waals surface area contributed by atoms with Crippen molar-refractivity contribution in [3.8, 4) is 0 Å². The molecular weight excluding hydrogens is 312 g/mol. The number of thiophene rings is 1. The Labute approximate surface area is 121 Å². The summed E-state index contributed by atoms with van der Waals surface area (Å²) < 4.78 is 1.12. The van der Waals surface area contributed by atoms with Crippen LogP contribution in [0.2, 0.25) is 0 Å². The smallest absolute Gasteiger partial charge is 0.227 e. The van der Waals surface area contributed by atoms with Crippen LogP contribution in [0.1, 0.15) is 32.6 Å². The molecule has 0 aliphatic rings. The van der Waals surface area contributed by atoms with Crippen molar-refractivity contribution in [2.45, 2.75) is 39.7 Å². The standard InChI is InChI=1S/C13H21BrN2OS/c1-12(2,13(3,4)15)11(17)16-8-7-9-5-6-10(14)18-9/h5-6H,7-8,15H2,1-4H3,(H,16,17). The average molecular weight is 333 g/mol. The van der Waals surface area contributed by atoms with E-state index in [1.165, 1.54) is 4.88 Å². The Balaban J connectivity index is 2.47. The van der Waals surface area contributed by atoms with E-state index in [1.54, 1.807) is 11.3 Å². The van der Waals surface area contributed by atoms with E-state index in [0.717, 1.165) is 10.2 Å². The molecule has 18 heavy (non-hydrogen) atoms. The second-order valence-electron chi connectivity index (χ2n) is 5.56. The minimum Gasteiger partial charge on any atom is -0.355 e. The number of carbonyl (C=O) groups excluding carboxylic acids is 1. The first-order valence-corrected chi connectivity index (χ1v) is 7.57. The molecule has 0 aromatic carbocycles. The summed E-state index contributed by atoms with van der Waals surface area (Å²) in [5, 5.41) is 2.96. The highest BCUT2D eigenvalue weighted by Gasteiger charge is 2.40. The van der Waals surface area contributed by atoms with Gasteiger partial charge in [0, 0.05) is 17.0 Å². The predicted octanol–water partition coefficient (Wildman–Crippen LogP) is 2.93. The molecule has 0 aliphatic heterocycles. The Morgan fingerprint density at radius 1 is 1.39 bits per heavy atom. The zero-order valence-corrected chi connectivity index (χ0v) is 13.7. The van der Waals surface area contributed by atoms with E-state index < -0.39 is 11.0 Å². The molecule has 3 nitrogen and oxygen atoms in total. The van der Waals surface area contributed by atoms with E-state index >= 15 is 0 Å². The lowest BCUT2D eigenvalue weighted by molar-refractivity contribution is -0.132. The van der Waals surface area contributed by atoms with Crippen LogP contribution in [0.15, 0.2) is 15.9 Å². The van der Waals surface area contributed by atoms with Crippen molar-refractivity contribution in [3.63, 3.8) is 0 Å². The first kappa shape index (κ1) is 15.7. The van der Waals surface area contributed by atoms with Crippen LogP contribution >= 0.6 is 27.3 Å². The first-order valence-electron chi connectivity index (χ1n) is 5.96. The highest BCUT2D eigenvalue weighted by atomic mass is 79.9. The average Bonchev–Trinajstić information content (AvgIpc) is 2.62. The summed E-state index contributed by atoms with van der Waals surface area (Å²) in [7, 11) is 0. The third kappa shape index (κ3) is 3.80. The first-order chi connectivity index (χ1) is 8.14. The van der Waals surface area contributed by atoms with Gasteiger partial charge >= 0.3 is 0 Å². The van der Waals surface area contributed by atoms with Gasteiger partial charge < -0.3 is 11.1 Å². The number of nitrogens with one attached hydrogen (secondary N) is 1.